The van der Waals surface area contributed by atoms with Gasteiger partial charge in [0, 0.05) is 34.3 Å². The van der Waals surface area contributed by atoms with E-state index in [2.05, 4.69) is 71.7 Å². The molecule has 0 aliphatic carbocycles. The fraction of sp³-hybridized carbons (Fsp3) is 0. The molecule has 0 fully saturated rings. The molecule has 0 atom stereocenters. The summed E-state index contributed by atoms with van der Waals surface area (Å²) in [5.41, 5.74) is 6.59. The Balaban J connectivity index is 1.93. The van der Waals surface area contributed by atoms with E-state index in [4.69, 9.17) is 4.98 Å². The van der Waals surface area contributed by atoms with Crippen LogP contribution < -0.4 is 0 Å². The van der Waals surface area contributed by atoms with Crippen molar-refractivity contribution < 1.29 is 0 Å². The molecule has 0 aliphatic heterocycles. The van der Waals surface area contributed by atoms with E-state index in [1.165, 1.54) is 16.7 Å². The Kier molecular flexibility index (Phi) is 3.46. The summed E-state index contributed by atoms with van der Waals surface area (Å²) < 4.78 is 0. The molecule has 0 spiro atoms. The molecule has 0 saturated carbocycles. The minimum absolute atomic E-state index is 0.946. The van der Waals surface area contributed by atoms with E-state index in [9.17, 15) is 0 Å². The third-order valence-corrected chi connectivity index (χ3v) is 4.76. The Morgan fingerprint density at radius 1 is 0.538 bits per heavy atom. The second-order valence-corrected chi connectivity index (χ2v) is 6.32. The normalized spacial score (nSPS) is 11.1. The fourth-order valence-electron chi connectivity index (χ4n) is 3.55. The molecule has 2 heteroatoms. The van der Waals surface area contributed by atoms with Crippen LogP contribution in [0.1, 0.15) is 0 Å². The van der Waals surface area contributed by atoms with E-state index in [0.29, 0.717) is 0 Å². The van der Waals surface area contributed by atoms with Gasteiger partial charge in [-0.3, -0.25) is 9.97 Å². The summed E-state index contributed by atoms with van der Waals surface area (Å²) in [6.45, 7) is 0. The van der Waals surface area contributed by atoms with Gasteiger partial charge in [-0.15, -0.1) is 0 Å². The lowest BCUT2D eigenvalue weighted by Crippen LogP contribution is -1.92. The summed E-state index contributed by atoms with van der Waals surface area (Å²) in [6, 6.07) is 29.3. The van der Waals surface area contributed by atoms with E-state index in [1.54, 1.807) is 0 Å². The summed E-state index contributed by atoms with van der Waals surface area (Å²) in [5, 5.41) is 2.24. The van der Waals surface area contributed by atoms with Gasteiger partial charge in [0.05, 0.1) is 11.0 Å². The molecule has 0 saturated heterocycles. The van der Waals surface area contributed by atoms with E-state index in [0.717, 1.165) is 27.4 Å². The predicted octanol–water partition coefficient (Wildman–Crippen LogP) is 6.12. The predicted molar refractivity (Wildman–Crippen MR) is 108 cm³/mol. The van der Waals surface area contributed by atoms with E-state index >= 15 is 0 Å². The smallest absolute Gasteiger partial charge is 0.0971 e. The first-order chi connectivity index (χ1) is 12.9. The highest BCUT2D eigenvalue weighted by atomic mass is 14.7. The highest BCUT2D eigenvalue weighted by molar-refractivity contribution is 6.11. The van der Waals surface area contributed by atoms with Gasteiger partial charge < -0.3 is 0 Å². The minimum atomic E-state index is 0.946. The van der Waals surface area contributed by atoms with Crippen LogP contribution in [0.5, 0.6) is 0 Å². The lowest BCUT2D eigenvalue weighted by Gasteiger charge is -2.14. The molecule has 122 valence electrons. The van der Waals surface area contributed by atoms with Crippen molar-refractivity contribution in [1.29, 1.82) is 0 Å². The molecule has 2 aromatic heterocycles. The van der Waals surface area contributed by atoms with Crippen molar-refractivity contribution in [2.45, 2.75) is 0 Å². The summed E-state index contributed by atoms with van der Waals surface area (Å²) >= 11 is 0. The quantitative estimate of drug-likeness (QED) is 0.364. The third-order valence-electron chi connectivity index (χ3n) is 4.76. The second kappa shape index (κ2) is 6.08. The van der Waals surface area contributed by atoms with Crippen molar-refractivity contribution >= 4 is 21.8 Å². The molecule has 5 aromatic rings. The van der Waals surface area contributed by atoms with Gasteiger partial charge in [-0.1, -0.05) is 78.9 Å². The molecule has 0 amide bonds. The first-order valence-electron chi connectivity index (χ1n) is 8.69. The molecule has 0 aliphatic rings. The Bertz CT molecular complexity index is 1210. The average molecular weight is 332 g/mol. The van der Waals surface area contributed by atoms with Gasteiger partial charge in [0.1, 0.15) is 0 Å². The number of aromatic nitrogens is 2. The first kappa shape index (κ1) is 14.8. The van der Waals surface area contributed by atoms with Crippen molar-refractivity contribution in [3.8, 4) is 22.3 Å². The zero-order chi connectivity index (χ0) is 17.3. The molecule has 0 unspecified atom stereocenters. The number of pyridine rings is 2. The molecule has 0 radical (unpaired) electrons. The van der Waals surface area contributed by atoms with Gasteiger partial charge in [-0.2, -0.15) is 0 Å². The molecule has 26 heavy (non-hydrogen) atoms. The molecule has 0 N–H and O–H groups in total. The van der Waals surface area contributed by atoms with E-state index in [-0.39, 0.29) is 0 Å². The van der Waals surface area contributed by atoms with E-state index < -0.39 is 0 Å². The van der Waals surface area contributed by atoms with Crippen LogP contribution >= 0.6 is 0 Å². The number of hydrogen-bond donors (Lipinski definition) is 0. The van der Waals surface area contributed by atoms with Crippen LogP contribution in [0, 0.1) is 0 Å². The number of nitrogens with zero attached hydrogens (tertiary/aromatic N) is 2. The van der Waals surface area contributed by atoms with Crippen molar-refractivity contribution in [3.63, 3.8) is 0 Å². The van der Waals surface area contributed by atoms with Crippen LogP contribution in [0.15, 0.2) is 97.3 Å². The van der Waals surface area contributed by atoms with Crippen LogP contribution in [0.3, 0.4) is 0 Å². The first-order valence-corrected chi connectivity index (χ1v) is 8.69. The molecule has 0 bridgehead atoms. The number of rotatable bonds is 2. The Morgan fingerprint density at radius 2 is 1.27 bits per heavy atom. The Morgan fingerprint density at radius 3 is 2.04 bits per heavy atom. The second-order valence-electron chi connectivity index (χ2n) is 6.32. The number of benzene rings is 3. The summed E-state index contributed by atoms with van der Waals surface area (Å²) in [5.74, 6) is 0. The maximum Gasteiger partial charge on any atom is 0.0971 e. The van der Waals surface area contributed by atoms with Crippen LogP contribution in [0.25, 0.3) is 44.1 Å². The summed E-state index contributed by atoms with van der Waals surface area (Å²) in [4.78, 5) is 9.39. The summed E-state index contributed by atoms with van der Waals surface area (Å²) in [7, 11) is 0. The molecule has 3 aromatic carbocycles. The zero-order valence-electron chi connectivity index (χ0n) is 14.1. The van der Waals surface area contributed by atoms with Crippen molar-refractivity contribution in [3.05, 3.63) is 97.3 Å². The maximum atomic E-state index is 4.81. The van der Waals surface area contributed by atoms with Gasteiger partial charge in [0.25, 0.3) is 0 Å². The average Bonchev–Trinajstić information content (AvgIpc) is 2.74. The number of hydrogen-bond acceptors (Lipinski definition) is 2. The van der Waals surface area contributed by atoms with Gasteiger partial charge in [0.15, 0.2) is 0 Å². The Hall–Kier alpha value is -3.52. The fourth-order valence-corrected chi connectivity index (χ4v) is 3.55. The monoisotopic (exact) mass is 332 g/mol. The Labute approximate surface area is 151 Å². The summed E-state index contributed by atoms with van der Waals surface area (Å²) in [6.07, 6.45) is 3.81. The van der Waals surface area contributed by atoms with E-state index in [1.807, 2.05) is 30.6 Å². The molecule has 5 rings (SSSR count). The topological polar surface area (TPSA) is 25.8 Å². The molecular weight excluding hydrogens is 316 g/mol. The van der Waals surface area contributed by atoms with Crippen LogP contribution in [-0.2, 0) is 0 Å². The van der Waals surface area contributed by atoms with Gasteiger partial charge >= 0.3 is 0 Å². The number of fused-ring (bicyclic) bond motifs is 3. The van der Waals surface area contributed by atoms with Crippen molar-refractivity contribution in [2.24, 2.45) is 0 Å². The SMILES string of the molecule is c1ccc(-c2cnc3c(ccc4cccnc43)c2-c2ccccc2)cc1. The largest absolute Gasteiger partial charge is 0.254 e. The highest BCUT2D eigenvalue weighted by Gasteiger charge is 2.14. The van der Waals surface area contributed by atoms with Crippen molar-refractivity contribution in [1.82, 2.24) is 9.97 Å². The lowest BCUT2D eigenvalue weighted by atomic mass is 9.92. The van der Waals surface area contributed by atoms with Gasteiger partial charge in [-0.05, 0) is 17.2 Å². The van der Waals surface area contributed by atoms with Gasteiger partial charge in [-0.25, -0.2) is 0 Å². The third kappa shape index (κ3) is 2.35. The van der Waals surface area contributed by atoms with Crippen LogP contribution in [-0.4, -0.2) is 9.97 Å². The van der Waals surface area contributed by atoms with Crippen LogP contribution in [0.2, 0.25) is 0 Å². The molecule has 2 heterocycles. The maximum absolute atomic E-state index is 4.81. The standard InChI is InChI=1S/C24H16N2/c1-3-8-17(9-4-1)21-16-26-24-20(22(21)18-10-5-2-6-11-18)14-13-19-12-7-15-25-23(19)24/h1-16H. The minimum Gasteiger partial charge on any atom is -0.254 e. The van der Waals surface area contributed by atoms with Gasteiger partial charge in [0.2, 0.25) is 0 Å². The van der Waals surface area contributed by atoms with Crippen LogP contribution in [0.4, 0.5) is 0 Å². The molecular formula is C24H16N2. The highest BCUT2D eigenvalue weighted by Crippen LogP contribution is 2.38. The zero-order valence-corrected chi connectivity index (χ0v) is 14.1. The van der Waals surface area contributed by atoms with Crippen molar-refractivity contribution in [2.75, 3.05) is 0 Å². The lowest BCUT2D eigenvalue weighted by molar-refractivity contribution is 1.37. The molecule has 2 nitrogen and oxygen atoms in total.